The molecule has 1 aromatic carbocycles. The number of phenols is 1. The molecule has 0 unspecified atom stereocenters. The normalized spacial score (nSPS) is 16.9. The molecule has 3 nitrogen and oxygen atoms in total. The highest BCUT2D eigenvalue weighted by atomic mass is 16.3. The number of hydrogen-bond donors (Lipinski definition) is 1. The van der Waals surface area contributed by atoms with E-state index in [1.165, 1.54) is 25.7 Å². The number of hydrogen-bond acceptors (Lipinski definition) is 2. The highest BCUT2D eigenvalue weighted by Crippen LogP contribution is 2.24. The van der Waals surface area contributed by atoms with Gasteiger partial charge >= 0.3 is 0 Å². The molecule has 1 fully saturated rings. The van der Waals surface area contributed by atoms with E-state index in [2.05, 4.69) is 0 Å². The van der Waals surface area contributed by atoms with Crippen molar-refractivity contribution in [3.63, 3.8) is 0 Å². The monoisotopic (exact) mass is 261 g/mol. The van der Waals surface area contributed by atoms with Crippen molar-refractivity contribution in [1.82, 2.24) is 4.90 Å². The summed E-state index contributed by atoms with van der Waals surface area (Å²) < 4.78 is 0. The molecule has 1 aromatic rings. The number of phenolic OH excluding ortho intramolecular Hbond substituents is 1. The van der Waals surface area contributed by atoms with Gasteiger partial charge in [-0.05, 0) is 43.5 Å². The van der Waals surface area contributed by atoms with Crippen LogP contribution in [0.25, 0.3) is 0 Å². The zero-order valence-corrected chi connectivity index (χ0v) is 11.9. The van der Waals surface area contributed by atoms with Crippen molar-refractivity contribution in [3.05, 3.63) is 29.3 Å². The maximum Gasteiger partial charge on any atom is 0.254 e. The molecule has 0 heterocycles. The van der Waals surface area contributed by atoms with Crippen LogP contribution < -0.4 is 0 Å². The zero-order valence-electron chi connectivity index (χ0n) is 11.9. The fourth-order valence-electron chi connectivity index (χ4n) is 2.89. The van der Waals surface area contributed by atoms with Crippen LogP contribution in [0, 0.1) is 6.92 Å². The van der Waals surface area contributed by atoms with Gasteiger partial charge < -0.3 is 10.0 Å². The van der Waals surface area contributed by atoms with Gasteiger partial charge in [0.1, 0.15) is 5.75 Å². The number of rotatable bonds is 2. The number of carbonyl (C=O) groups is 1. The van der Waals surface area contributed by atoms with Gasteiger partial charge in [0.2, 0.25) is 0 Å². The number of aromatic hydroxyl groups is 1. The molecule has 104 valence electrons. The average Bonchev–Trinajstić information content (AvgIpc) is 2.66. The van der Waals surface area contributed by atoms with Gasteiger partial charge in [-0.3, -0.25) is 4.79 Å². The summed E-state index contributed by atoms with van der Waals surface area (Å²) in [5.41, 5.74) is 1.54. The SMILES string of the molecule is Cc1cc(O)ccc1C(=O)N(C)C1CCCCCC1. The largest absolute Gasteiger partial charge is 0.508 e. The van der Waals surface area contributed by atoms with Gasteiger partial charge in [0, 0.05) is 18.7 Å². The first-order valence-electron chi connectivity index (χ1n) is 7.16. The maximum atomic E-state index is 12.5. The smallest absolute Gasteiger partial charge is 0.254 e. The second-order valence-electron chi connectivity index (χ2n) is 5.56. The van der Waals surface area contributed by atoms with E-state index in [-0.39, 0.29) is 11.7 Å². The Morgan fingerprint density at radius 1 is 1.21 bits per heavy atom. The zero-order chi connectivity index (χ0) is 13.8. The van der Waals surface area contributed by atoms with Gasteiger partial charge in [-0.15, -0.1) is 0 Å². The molecule has 0 aliphatic heterocycles. The van der Waals surface area contributed by atoms with E-state index in [1.807, 2.05) is 18.9 Å². The number of aryl methyl sites for hydroxylation is 1. The number of carbonyl (C=O) groups excluding carboxylic acids is 1. The van der Waals surface area contributed by atoms with E-state index in [9.17, 15) is 9.90 Å². The van der Waals surface area contributed by atoms with E-state index < -0.39 is 0 Å². The predicted octanol–water partition coefficient (Wildman–Crippen LogP) is 3.50. The molecule has 0 radical (unpaired) electrons. The molecule has 1 N–H and O–H groups in total. The van der Waals surface area contributed by atoms with Crippen LogP contribution in [-0.4, -0.2) is 29.0 Å². The van der Waals surface area contributed by atoms with Crippen LogP contribution in [0.2, 0.25) is 0 Å². The third-order valence-corrected chi connectivity index (χ3v) is 4.13. The average molecular weight is 261 g/mol. The van der Waals surface area contributed by atoms with E-state index in [0.717, 1.165) is 18.4 Å². The standard InChI is InChI=1S/C16H23NO2/c1-12-11-14(18)9-10-15(12)16(19)17(2)13-7-5-3-4-6-8-13/h9-11,13,18H,3-8H2,1-2H3. The first-order valence-corrected chi connectivity index (χ1v) is 7.16. The van der Waals surface area contributed by atoms with E-state index >= 15 is 0 Å². The number of benzene rings is 1. The Morgan fingerprint density at radius 2 is 1.84 bits per heavy atom. The van der Waals surface area contributed by atoms with Crippen LogP contribution in [0.1, 0.15) is 54.4 Å². The first kappa shape index (κ1) is 13.9. The highest BCUT2D eigenvalue weighted by Gasteiger charge is 2.23. The van der Waals surface area contributed by atoms with Gasteiger partial charge in [0.15, 0.2) is 0 Å². The van der Waals surface area contributed by atoms with Crippen LogP contribution in [-0.2, 0) is 0 Å². The summed E-state index contributed by atoms with van der Waals surface area (Å²) >= 11 is 0. The Hall–Kier alpha value is -1.51. The van der Waals surface area contributed by atoms with Crippen LogP contribution >= 0.6 is 0 Å². The predicted molar refractivity (Wildman–Crippen MR) is 76.4 cm³/mol. The van der Waals surface area contributed by atoms with Gasteiger partial charge in [0.05, 0.1) is 0 Å². The Balaban J connectivity index is 2.13. The van der Waals surface area contributed by atoms with E-state index in [4.69, 9.17) is 0 Å². The molecular weight excluding hydrogens is 238 g/mol. The minimum Gasteiger partial charge on any atom is -0.508 e. The molecule has 0 spiro atoms. The number of amides is 1. The van der Waals surface area contributed by atoms with Crippen LogP contribution in [0.3, 0.4) is 0 Å². The van der Waals surface area contributed by atoms with Crippen molar-refractivity contribution in [2.45, 2.75) is 51.5 Å². The van der Waals surface area contributed by atoms with Gasteiger partial charge in [-0.2, -0.15) is 0 Å². The van der Waals surface area contributed by atoms with Crippen LogP contribution in [0.4, 0.5) is 0 Å². The molecule has 19 heavy (non-hydrogen) atoms. The lowest BCUT2D eigenvalue weighted by Gasteiger charge is -2.27. The lowest BCUT2D eigenvalue weighted by Crippen LogP contribution is -2.37. The van der Waals surface area contributed by atoms with Crippen LogP contribution in [0.15, 0.2) is 18.2 Å². The van der Waals surface area contributed by atoms with Gasteiger partial charge in [-0.25, -0.2) is 0 Å². The minimum atomic E-state index is 0.0735. The second-order valence-corrected chi connectivity index (χ2v) is 5.56. The Morgan fingerprint density at radius 3 is 2.42 bits per heavy atom. The minimum absolute atomic E-state index is 0.0735. The lowest BCUT2D eigenvalue weighted by atomic mass is 10.0. The second kappa shape index (κ2) is 6.09. The Kier molecular flexibility index (Phi) is 4.46. The Labute approximate surface area is 115 Å². The summed E-state index contributed by atoms with van der Waals surface area (Å²) in [4.78, 5) is 14.4. The summed E-state index contributed by atoms with van der Waals surface area (Å²) in [7, 11) is 1.91. The third-order valence-electron chi connectivity index (χ3n) is 4.13. The molecule has 1 saturated carbocycles. The summed E-state index contributed by atoms with van der Waals surface area (Å²) in [6, 6.07) is 5.32. The molecule has 0 saturated heterocycles. The fourth-order valence-corrected chi connectivity index (χ4v) is 2.89. The highest BCUT2D eigenvalue weighted by molar-refractivity contribution is 5.95. The summed E-state index contributed by atoms with van der Waals surface area (Å²) in [5, 5.41) is 9.42. The maximum absolute atomic E-state index is 12.5. The molecule has 0 bridgehead atoms. The van der Waals surface area contributed by atoms with Crippen molar-refractivity contribution in [1.29, 1.82) is 0 Å². The van der Waals surface area contributed by atoms with Crippen molar-refractivity contribution < 1.29 is 9.90 Å². The summed E-state index contributed by atoms with van der Waals surface area (Å²) in [6.07, 6.45) is 7.24. The third kappa shape index (κ3) is 3.28. The van der Waals surface area contributed by atoms with Gasteiger partial charge in [-0.1, -0.05) is 25.7 Å². The van der Waals surface area contributed by atoms with Crippen molar-refractivity contribution in [2.75, 3.05) is 7.05 Å². The molecule has 3 heteroatoms. The fraction of sp³-hybridized carbons (Fsp3) is 0.562. The Bertz CT molecular complexity index is 448. The molecule has 2 rings (SSSR count). The first-order chi connectivity index (χ1) is 9.09. The molecule has 1 aliphatic rings. The molecule has 1 amide bonds. The molecule has 0 aromatic heterocycles. The summed E-state index contributed by atoms with van der Waals surface area (Å²) in [5.74, 6) is 0.288. The van der Waals surface area contributed by atoms with Gasteiger partial charge in [0.25, 0.3) is 5.91 Å². The van der Waals surface area contributed by atoms with Crippen LogP contribution in [0.5, 0.6) is 5.75 Å². The van der Waals surface area contributed by atoms with E-state index in [0.29, 0.717) is 11.6 Å². The molecule has 1 aliphatic carbocycles. The van der Waals surface area contributed by atoms with Crippen molar-refractivity contribution in [2.24, 2.45) is 0 Å². The lowest BCUT2D eigenvalue weighted by molar-refractivity contribution is 0.0717. The quantitative estimate of drug-likeness (QED) is 0.828. The van der Waals surface area contributed by atoms with Crippen molar-refractivity contribution >= 4 is 5.91 Å². The van der Waals surface area contributed by atoms with E-state index in [1.54, 1.807) is 18.2 Å². The molecular formula is C16H23NO2. The molecule has 0 atom stereocenters. The number of nitrogens with zero attached hydrogens (tertiary/aromatic N) is 1. The van der Waals surface area contributed by atoms with Crippen molar-refractivity contribution in [3.8, 4) is 5.75 Å². The summed E-state index contributed by atoms with van der Waals surface area (Å²) in [6.45, 7) is 1.87. The topological polar surface area (TPSA) is 40.5 Å².